The first kappa shape index (κ1) is 25.4. The van der Waals surface area contributed by atoms with Crippen molar-refractivity contribution in [3.8, 4) is 0 Å². The first-order chi connectivity index (χ1) is 17.2. The van der Waals surface area contributed by atoms with Crippen LogP contribution in [0.4, 0.5) is 5.69 Å². The summed E-state index contributed by atoms with van der Waals surface area (Å²) in [6.45, 7) is 6.07. The number of likely N-dealkylation sites (tertiary alicyclic amines) is 1. The minimum absolute atomic E-state index is 0.0546. The molecule has 36 heavy (non-hydrogen) atoms. The molecule has 4 aliphatic heterocycles. The number of ether oxygens (including phenoxy) is 1. The first-order valence-corrected chi connectivity index (χ1v) is 13.6. The van der Waals surface area contributed by atoms with Crippen molar-refractivity contribution in [2.75, 3.05) is 24.7 Å². The number of fused-ring (bicyclic) bond motifs is 2. The molecule has 2 amide bonds. The van der Waals surface area contributed by atoms with Gasteiger partial charge in [0.05, 0.1) is 39.9 Å². The van der Waals surface area contributed by atoms with E-state index in [1.807, 2.05) is 51.1 Å². The molecule has 0 aliphatic carbocycles. The lowest BCUT2D eigenvalue weighted by Gasteiger charge is -2.41. The fraction of sp³-hybridized carbons (Fsp3) is 0.519. The number of amides is 2. The van der Waals surface area contributed by atoms with Crippen LogP contribution >= 0.6 is 23.4 Å². The molecule has 5 rings (SSSR count). The second kappa shape index (κ2) is 9.23. The second-order valence-electron chi connectivity index (χ2n) is 10.2. The van der Waals surface area contributed by atoms with Gasteiger partial charge in [0.25, 0.3) is 5.91 Å². The monoisotopic (exact) mass is 530 g/mol. The van der Waals surface area contributed by atoms with E-state index in [-0.39, 0.29) is 37.5 Å². The van der Waals surface area contributed by atoms with E-state index in [2.05, 4.69) is 0 Å². The maximum absolute atomic E-state index is 14.5. The van der Waals surface area contributed by atoms with E-state index in [1.165, 1.54) is 11.8 Å². The van der Waals surface area contributed by atoms with E-state index in [0.29, 0.717) is 10.7 Å². The predicted molar refractivity (Wildman–Crippen MR) is 140 cm³/mol. The Bertz CT molecular complexity index is 1160. The summed E-state index contributed by atoms with van der Waals surface area (Å²) in [5.74, 6) is -2.58. The van der Waals surface area contributed by atoms with Gasteiger partial charge in [0, 0.05) is 11.3 Å². The van der Waals surface area contributed by atoms with Crippen LogP contribution in [0.3, 0.4) is 0 Å². The van der Waals surface area contributed by atoms with Gasteiger partial charge in [-0.1, -0.05) is 62.2 Å². The van der Waals surface area contributed by atoms with Gasteiger partial charge in [-0.3, -0.25) is 14.4 Å². The summed E-state index contributed by atoms with van der Waals surface area (Å²) in [4.78, 5) is 45.2. The summed E-state index contributed by atoms with van der Waals surface area (Å²) < 4.78 is 3.76. The third kappa shape index (κ3) is 3.56. The molecule has 192 valence electrons. The maximum Gasteiger partial charge on any atom is 0.311 e. The molecular weight excluding hydrogens is 500 g/mol. The Hall–Kier alpha value is -2.29. The highest BCUT2D eigenvalue weighted by molar-refractivity contribution is 8.02. The molecule has 1 aromatic carbocycles. The minimum Gasteiger partial charge on any atom is -0.461 e. The lowest BCUT2D eigenvalue weighted by Crippen LogP contribution is -2.58. The Kier molecular flexibility index (Phi) is 6.50. The van der Waals surface area contributed by atoms with Gasteiger partial charge >= 0.3 is 5.97 Å². The van der Waals surface area contributed by atoms with Crippen molar-refractivity contribution >= 4 is 46.8 Å². The quantitative estimate of drug-likeness (QED) is 0.463. The molecule has 7 atom stereocenters. The van der Waals surface area contributed by atoms with Crippen LogP contribution in [0.1, 0.15) is 27.2 Å². The Morgan fingerprint density at radius 1 is 1.17 bits per heavy atom. The Morgan fingerprint density at radius 3 is 2.61 bits per heavy atom. The molecule has 1 N–H and O–H groups in total. The number of cyclic esters (lactones) is 1. The minimum atomic E-state index is -0.995. The van der Waals surface area contributed by atoms with Gasteiger partial charge in [-0.25, -0.2) is 0 Å². The number of para-hydroxylation sites is 1. The van der Waals surface area contributed by atoms with Crippen molar-refractivity contribution in [1.82, 2.24) is 4.90 Å². The van der Waals surface area contributed by atoms with Crippen molar-refractivity contribution in [1.29, 1.82) is 0 Å². The SMILES string of the molecule is CC[C@H](C)[C@H](CO)N1C(=O)[C@@H]2[C@@H]3C(=O)OCC=C[C@]3(C)S[C@@]23C=CCN(c2ccccc2Cl)C(=O)C13. The third-order valence-corrected chi connectivity index (χ3v) is 10.4. The van der Waals surface area contributed by atoms with Crippen LogP contribution in [0.15, 0.2) is 48.6 Å². The molecule has 1 spiro atoms. The number of aliphatic hydroxyl groups is 1. The fourth-order valence-electron chi connectivity index (χ4n) is 6.35. The van der Waals surface area contributed by atoms with Crippen LogP contribution in [0.25, 0.3) is 0 Å². The second-order valence-corrected chi connectivity index (χ2v) is 12.4. The molecule has 7 nitrogen and oxygen atoms in total. The van der Waals surface area contributed by atoms with Gasteiger partial charge in [-0.15, -0.1) is 11.8 Å². The van der Waals surface area contributed by atoms with E-state index < -0.39 is 39.4 Å². The lowest BCUT2D eigenvalue weighted by molar-refractivity contribution is -0.153. The average Bonchev–Trinajstić information content (AvgIpc) is 3.11. The maximum atomic E-state index is 14.5. The van der Waals surface area contributed by atoms with Crippen LogP contribution in [-0.2, 0) is 19.1 Å². The number of hydrogen-bond donors (Lipinski definition) is 1. The summed E-state index contributed by atoms with van der Waals surface area (Å²) >= 11 is 7.99. The van der Waals surface area contributed by atoms with Gasteiger partial charge in [0.2, 0.25) is 5.91 Å². The molecule has 0 aromatic heterocycles. The third-order valence-electron chi connectivity index (χ3n) is 8.24. The van der Waals surface area contributed by atoms with E-state index in [0.717, 1.165) is 6.42 Å². The summed E-state index contributed by atoms with van der Waals surface area (Å²) in [6.07, 6.45) is 8.33. The molecule has 0 radical (unpaired) electrons. The molecule has 2 fully saturated rings. The molecule has 1 aromatic rings. The Balaban J connectivity index is 1.71. The first-order valence-electron chi connectivity index (χ1n) is 12.4. The zero-order valence-corrected chi connectivity index (χ0v) is 22.2. The fourth-order valence-corrected chi connectivity index (χ4v) is 8.73. The Labute approximate surface area is 220 Å². The molecule has 4 aliphatic rings. The largest absolute Gasteiger partial charge is 0.461 e. The van der Waals surface area contributed by atoms with Crippen molar-refractivity contribution in [3.63, 3.8) is 0 Å². The highest BCUT2D eigenvalue weighted by Gasteiger charge is 2.74. The topological polar surface area (TPSA) is 87.2 Å². The highest BCUT2D eigenvalue weighted by atomic mass is 35.5. The number of nitrogens with zero attached hydrogens (tertiary/aromatic N) is 2. The number of esters is 1. The number of rotatable bonds is 5. The van der Waals surface area contributed by atoms with E-state index in [9.17, 15) is 19.5 Å². The number of halogens is 1. The van der Waals surface area contributed by atoms with Crippen molar-refractivity contribution in [3.05, 3.63) is 53.6 Å². The standard InChI is InChI=1S/C27H31ClN2O5S/c1-4-16(2)19(15-31)30-22-24(33)29(18-10-6-5-9-17(18)28)13-7-12-27(22)20(23(30)32)21-25(34)35-14-8-11-26(21,3)36-27/h5-12,16,19-22,31H,4,13-15H2,1-3H3/t16-,19-,20-,21+,22?,26-,27-/m0/s1. The number of aliphatic hydroxyl groups excluding tert-OH is 1. The summed E-state index contributed by atoms with van der Waals surface area (Å²) in [5.41, 5.74) is 0.563. The van der Waals surface area contributed by atoms with Gasteiger partial charge in [-0.2, -0.15) is 0 Å². The van der Waals surface area contributed by atoms with Gasteiger partial charge < -0.3 is 19.6 Å². The number of thioether (sulfide) groups is 1. The van der Waals surface area contributed by atoms with Crippen LogP contribution in [0, 0.1) is 17.8 Å². The summed E-state index contributed by atoms with van der Waals surface area (Å²) in [7, 11) is 0. The molecule has 4 heterocycles. The molecule has 1 unspecified atom stereocenters. The van der Waals surface area contributed by atoms with Gasteiger partial charge in [0.15, 0.2) is 0 Å². The number of anilines is 1. The summed E-state index contributed by atoms with van der Waals surface area (Å²) in [5, 5.41) is 10.9. The molecule has 9 heteroatoms. The molecule has 0 saturated carbocycles. The molecule has 0 bridgehead atoms. The van der Waals surface area contributed by atoms with Gasteiger partial charge in [-0.05, 0) is 31.1 Å². The van der Waals surface area contributed by atoms with Crippen LogP contribution in [0.2, 0.25) is 5.02 Å². The molecular formula is C27H31ClN2O5S. The average molecular weight is 531 g/mol. The van der Waals surface area contributed by atoms with Crippen molar-refractivity contribution in [2.24, 2.45) is 17.8 Å². The number of benzene rings is 1. The van der Waals surface area contributed by atoms with E-state index >= 15 is 0 Å². The number of carbonyl (C=O) groups excluding carboxylic acids is 3. The smallest absolute Gasteiger partial charge is 0.311 e. The number of hydrogen-bond acceptors (Lipinski definition) is 6. The van der Waals surface area contributed by atoms with E-state index in [1.54, 1.807) is 28.0 Å². The zero-order chi connectivity index (χ0) is 25.8. The van der Waals surface area contributed by atoms with Crippen LogP contribution < -0.4 is 4.90 Å². The van der Waals surface area contributed by atoms with Crippen molar-refractivity contribution < 1.29 is 24.2 Å². The van der Waals surface area contributed by atoms with E-state index in [4.69, 9.17) is 16.3 Å². The highest BCUT2D eigenvalue weighted by Crippen LogP contribution is 2.66. The van der Waals surface area contributed by atoms with Gasteiger partial charge in [0.1, 0.15) is 12.6 Å². The van der Waals surface area contributed by atoms with Crippen molar-refractivity contribution in [2.45, 2.75) is 48.8 Å². The lowest BCUT2D eigenvalue weighted by atomic mass is 9.75. The Morgan fingerprint density at radius 2 is 1.92 bits per heavy atom. The molecule has 2 saturated heterocycles. The predicted octanol–water partition coefficient (Wildman–Crippen LogP) is 3.45. The van der Waals surface area contributed by atoms with Crippen LogP contribution in [0.5, 0.6) is 0 Å². The zero-order valence-electron chi connectivity index (χ0n) is 20.6. The number of carbonyl (C=O) groups is 3. The normalized spacial score (nSPS) is 35.0. The summed E-state index contributed by atoms with van der Waals surface area (Å²) in [6, 6.07) is 5.66. The van der Waals surface area contributed by atoms with Crippen LogP contribution in [-0.4, -0.2) is 69.1 Å².